The largest absolute Gasteiger partial charge is 0.483 e. The highest BCUT2D eigenvalue weighted by atomic mass is 32.1. The summed E-state index contributed by atoms with van der Waals surface area (Å²) < 4.78 is 7.32. The van der Waals surface area contributed by atoms with Gasteiger partial charge in [-0.2, -0.15) is 0 Å². The number of para-hydroxylation sites is 1. The lowest BCUT2D eigenvalue weighted by Gasteiger charge is -2.34. The van der Waals surface area contributed by atoms with E-state index < -0.39 is 0 Å². The molecule has 1 fully saturated rings. The molecule has 0 aliphatic carbocycles. The Morgan fingerprint density at radius 3 is 2.79 bits per heavy atom. The fourth-order valence-corrected chi connectivity index (χ4v) is 4.26. The summed E-state index contributed by atoms with van der Waals surface area (Å²) in [5, 5.41) is 1.86. The van der Waals surface area contributed by atoms with Crippen LogP contribution in [0, 0.1) is 0 Å². The zero-order valence-corrected chi connectivity index (χ0v) is 17.2. The molecule has 0 unspecified atom stereocenters. The van der Waals surface area contributed by atoms with E-state index in [-0.39, 0.29) is 18.1 Å². The van der Waals surface area contributed by atoms with Crippen molar-refractivity contribution < 1.29 is 9.53 Å². The van der Waals surface area contributed by atoms with Crippen molar-refractivity contribution in [2.45, 2.75) is 19.9 Å². The van der Waals surface area contributed by atoms with E-state index in [1.54, 1.807) is 16.7 Å². The Bertz CT molecular complexity index is 1050. The van der Waals surface area contributed by atoms with Gasteiger partial charge < -0.3 is 9.64 Å². The van der Waals surface area contributed by atoms with E-state index in [1.807, 2.05) is 34.5 Å². The highest BCUT2D eigenvalue weighted by Gasteiger charge is 2.22. The molecule has 2 aromatic heterocycles. The number of amides is 1. The molecule has 152 valence electrons. The Labute approximate surface area is 173 Å². The smallest absolute Gasteiger partial charge is 0.260 e. The molecule has 29 heavy (non-hydrogen) atoms. The predicted octanol–water partition coefficient (Wildman–Crippen LogP) is 2.04. The average Bonchev–Trinajstić information content (AvgIpc) is 3.22. The minimum atomic E-state index is -0.0513. The number of nitrogens with zero attached hydrogens (tertiary/aromatic N) is 4. The van der Waals surface area contributed by atoms with Crippen LogP contribution >= 0.6 is 11.3 Å². The first-order valence-corrected chi connectivity index (χ1v) is 10.7. The van der Waals surface area contributed by atoms with E-state index in [0.717, 1.165) is 36.5 Å². The molecule has 8 heteroatoms. The number of aromatic nitrogens is 2. The van der Waals surface area contributed by atoms with Crippen molar-refractivity contribution in [3.63, 3.8) is 0 Å². The topological polar surface area (TPSA) is 67.2 Å². The van der Waals surface area contributed by atoms with Crippen molar-refractivity contribution in [1.29, 1.82) is 0 Å². The summed E-state index contributed by atoms with van der Waals surface area (Å²) in [6.45, 7) is 5.56. The number of aryl methyl sites for hydroxylation is 1. The van der Waals surface area contributed by atoms with Crippen LogP contribution in [0.4, 0.5) is 0 Å². The van der Waals surface area contributed by atoms with Crippen LogP contribution < -0.4 is 10.3 Å². The molecule has 1 aliphatic rings. The van der Waals surface area contributed by atoms with Gasteiger partial charge in [0.15, 0.2) is 11.6 Å². The van der Waals surface area contributed by atoms with Gasteiger partial charge in [0.05, 0.1) is 5.69 Å². The van der Waals surface area contributed by atoms with Crippen LogP contribution in [0.2, 0.25) is 0 Å². The van der Waals surface area contributed by atoms with Gasteiger partial charge in [0.1, 0.15) is 5.75 Å². The van der Waals surface area contributed by atoms with Crippen LogP contribution in [0.5, 0.6) is 5.75 Å². The molecule has 0 N–H and O–H groups in total. The number of carbonyl (C=O) groups is 1. The maximum Gasteiger partial charge on any atom is 0.260 e. The second-order valence-electron chi connectivity index (χ2n) is 7.05. The molecule has 1 amide bonds. The maximum atomic E-state index is 12.5. The highest BCUT2D eigenvalue weighted by Crippen LogP contribution is 2.18. The van der Waals surface area contributed by atoms with Crippen molar-refractivity contribution >= 4 is 22.2 Å². The number of hydrogen-bond donors (Lipinski definition) is 0. The summed E-state index contributed by atoms with van der Waals surface area (Å²) in [6.07, 6.45) is 2.61. The van der Waals surface area contributed by atoms with Crippen LogP contribution in [0.25, 0.3) is 4.96 Å². The summed E-state index contributed by atoms with van der Waals surface area (Å²) in [5.41, 5.74) is 1.83. The van der Waals surface area contributed by atoms with Crippen LogP contribution in [-0.2, 0) is 17.8 Å². The van der Waals surface area contributed by atoms with Gasteiger partial charge in [-0.3, -0.25) is 18.9 Å². The Morgan fingerprint density at radius 2 is 2.00 bits per heavy atom. The molecule has 1 aliphatic heterocycles. The van der Waals surface area contributed by atoms with Gasteiger partial charge in [0.25, 0.3) is 11.5 Å². The van der Waals surface area contributed by atoms with Gasteiger partial charge in [-0.1, -0.05) is 25.1 Å². The number of piperazine rings is 1. The number of carbonyl (C=O) groups excluding carboxylic acids is 1. The summed E-state index contributed by atoms with van der Waals surface area (Å²) in [6, 6.07) is 9.42. The molecular weight excluding hydrogens is 388 g/mol. The van der Waals surface area contributed by atoms with Gasteiger partial charge >= 0.3 is 0 Å². The second kappa shape index (κ2) is 8.75. The van der Waals surface area contributed by atoms with Gasteiger partial charge in [0.2, 0.25) is 0 Å². The fraction of sp³-hybridized carbons (Fsp3) is 0.381. The van der Waals surface area contributed by atoms with Gasteiger partial charge in [-0.05, 0) is 18.1 Å². The minimum Gasteiger partial charge on any atom is -0.483 e. The zero-order chi connectivity index (χ0) is 20.2. The number of thiazole rings is 1. The predicted molar refractivity (Wildman–Crippen MR) is 113 cm³/mol. The Kier molecular flexibility index (Phi) is 5.92. The average molecular weight is 413 g/mol. The summed E-state index contributed by atoms with van der Waals surface area (Å²) >= 11 is 1.45. The molecule has 7 nitrogen and oxygen atoms in total. The Hall–Kier alpha value is -2.71. The molecule has 0 atom stereocenters. The Morgan fingerprint density at radius 1 is 1.21 bits per heavy atom. The lowest BCUT2D eigenvalue weighted by molar-refractivity contribution is -0.135. The van der Waals surface area contributed by atoms with E-state index >= 15 is 0 Å². The van der Waals surface area contributed by atoms with Crippen LogP contribution in [0.3, 0.4) is 0 Å². The third-order valence-corrected chi connectivity index (χ3v) is 5.93. The molecule has 0 bridgehead atoms. The van der Waals surface area contributed by atoms with Crippen molar-refractivity contribution in [3.8, 4) is 5.75 Å². The number of hydrogen-bond acceptors (Lipinski definition) is 6. The standard InChI is InChI=1S/C21H24N4O3S/c1-2-16-5-3-4-6-18(16)28-15-20(27)24-9-7-23(8-10-24)14-17-13-19(26)25-11-12-29-21(25)22-17/h3-6,11-13H,2,7-10,14-15H2,1H3. The number of ether oxygens (including phenoxy) is 1. The maximum absolute atomic E-state index is 12.5. The van der Waals surface area contributed by atoms with Crippen LogP contribution in [0.1, 0.15) is 18.2 Å². The lowest BCUT2D eigenvalue weighted by Crippen LogP contribution is -2.49. The van der Waals surface area contributed by atoms with E-state index in [4.69, 9.17) is 4.74 Å². The van der Waals surface area contributed by atoms with Gasteiger partial charge in [0, 0.05) is 50.4 Å². The molecular formula is C21H24N4O3S. The monoisotopic (exact) mass is 412 g/mol. The Balaban J connectivity index is 1.29. The molecule has 3 aromatic rings. The van der Waals surface area contributed by atoms with Crippen molar-refractivity contribution in [2.24, 2.45) is 0 Å². The first kappa shape index (κ1) is 19.6. The molecule has 3 heterocycles. The van der Waals surface area contributed by atoms with E-state index in [0.29, 0.717) is 24.6 Å². The molecule has 0 spiro atoms. The number of benzene rings is 1. The number of fused-ring (bicyclic) bond motifs is 1. The molecule has 0 radical (unpaired) electrons. The summed E-state index contributed by atoms with van der Waals surface area (Å²) in [4.78, 5) is 34.0. The molecule has 0 saturated carbocycles. The van der Waals surface area contributed by atoms with E-state index in [2.05, 4.69) is 16.8 Å². The van der Waals surface area contributed by atoms with Crippen LogP contribution in [-0.4, -0.2) is 57.9 Å². The van der Waals surface area contributed by atoms with Crippen molar-refractivity contribution in [1.82, 2.24) is 19.2 Å². The van der Waals surface area contributed by atoms with E-state index in [1.165, 1.54) is 11.3 Å². The lowest BCUT2D eigenvalue weighted by atomic mass is 10.1. The second-order valence-corrected chi connectivity index (χ2v) is 7.92. The third kappa shape index (κ3) is 4.49. The minimum absolute atomic E-state index is 0.00642. The van der Waals surface area contributed by atoms with Gasteiger partial charge in [-0.25, -0.2) is 4.98 Å². The van der Waals surface area contributed by atoms with Gasteiger partial charge in [-0.15, -0.1) is 11.3 Å². The first-order chi connectivity index (χ1) is 14.1. The summed E-state index contributed by atoms with van der Waals surface area (Å²) in [5.74, 6) is 0.787. The fourth-order valence-electron chi connectivity index (χ4n) is 3.52. The van der Waals surface area contributed by atoms with Crippen LogP contribution in [0.15, 0.2) is 46.7 Å². The first-order valence-electron chi connectivity index (χ1n) is 9.80. The SMILES string of the molecule is CCc1ccccc1OCC(=O)N1CCN(Cc2cc(=O)n3ccsc3n2)CC1. The molecule has 4 rings (SSSR count). The van der Waals surface area contributed by atoms with E-state index in [9.17, 15) is 9.59 Å². The third-order valence-electron chi connectivity index (χ3n) is 5.17. The zero-order valence-electron chi connectivity index (χ0n) is 16.4. The number of rotatable bonds is 6. The summed E-state index contributed by atoms with van der Waals surface area (Å²) in [7, 11) is 0. The molecule has 1 aromatic carbocycles. The molecule has 1 saturated heterocycles. The normalized spacial score (nSPS) is 15.0. The quantitative estimate of drug-likeness (QED) is 0.620. The highest BCUT2D eigenvalue weighted by molar-refractivity contribution is 7.15. The van der Waals surface area contributed by atoms with Crippen molar-refractivity contribution in [3.05, 3.63) is 63.5 Å². The van der Waals surface area contributed by atoms with Crippen molar-refractivity contribution in [2.75, 3.05) is 32.8 Å².